The number of halogens is 3. The van der Waals surface area contributed by atoms with E-state index in [1.54, 1.807) is 24.4 Å². The van der Waals surface area contributed by atoms with Gasteiger partial charge >= 0.3 is 0 Å². The molecule has 6 heteroatoms. The molecule has 0 saturated carbocycles. The van der Waals surface area contributed by atoms with Crippen LogP contribution in [0.1, 0.15) is 11.1 Å². The van der Waals surface area contributed by atoms with E-state index in [9.17, 15) is 8.78 Å². The molecule has 0 unspecified atom stereocenters. The van der Waals surface area contributed by atoms with Gasteiger partial charge in [0.25, 0.3) is 0 Å². The molecule has 150 valence electrons. The maximum Gasteiger partial charge on any atom is 0.129 e. The second-order valence-corrected chi connectivity index (χ2v) is 6.37. The summed E-state index contributed by atoms with van der Waals surface area (Å²) in [5.41, 5.74) is 8.66. The Morgan fingerprint density at radius 3 is 2.45 bits per heavy atom. The topological polar surface area (TPSA) is 50.9 Å². The summed E-state index contributed by atoms with van der Waals surface area (Å²) in [4.78, 5) is 4.10. The van der Waals surface area contributed by atoms with Crippen molar-refractivity contribution in [1.82, 2.24) is 10.3 Å². The van der Waals surface area contributed by atoms with Gasteiger partial charge in [0, 0.05) is 30.1 Å². The smallest absolute Gasteiger partial charge is 0.129 e. The van der Waals surface area contributed by atoms with Crippen LogP contribution in [0.4, 0.5) is 8.78 Å². The number of nitrogens with zero attached hydrogens (tertiary/aromatic N) is 1. The average Bonchev–Trinajstić information content (AvgIpc) is 2.72. The van der Waals surface area contributed by atoms with Crippen LogP contribution in [0.15, 0.2) is 79.1 Å². The zero-order chi connectivity index (χ0) is 21.2. The quantitative estimate of drug-likeness (QED) is 0.410. The van der Waals surface area contributed by atoms with Crippen LogP contribution in [0.2, 0.25) is 5.15 Å². The number of benzene rings is 2. The van der Waals surface area contributed by atoms with Crippen molar-refractivity contribution in [2.75, 3.05) is 7.05 Å². The largest absolute Gasteiger partial charge is 0.381 e. The molecule has 0 spiro atoms. The fraction of sp³-hybridized carbons (Fsp3) is 0.0870. The maximum absolute atomic E-state index is 13.2. The minimum Gasteiger partial charge on any atom is -0.381 e. The van der Waals surface area contributed by atoms with Crippen LogP contribution < -0.4 is 11.1 Å². The van der Waals surface area contributed by atoms with Gasteiger partial charge in [-0.25, -0.2) is 13.8 Å². The molecule has 2 aromatic carbocycles. The van der Waals surface area contributed by atoms with Crippen molar-refractivity contribution in [3.63, 3.8) is 0 Å². The van der Waals surface area contributed by atoms with Crippen LogP contribution in [0.25, 0.3) is 17.2 Å². The third kappa shape index (κ3) is 7.14. The van der Waals surface area contributed by atoms with E-state index in [0.29, 0.717) is 23.0 Å². The molecule has 3 rings (SSSR count). The minimum atomic E-state index is -0.610. The molecule has 29 heavy (non-hydrogen) atoms. The molecular weight excluding hydrogens is 392 g/mol. The molecular formula is C23H22ClF2N3. The van der Waals surface area contributed by atoms with Gasteiger partial charge in [-0.15, -0.1) is 0 Å². The van der Waals surface area contributed by atoms with E-state index in [0.717, 1.165) is 22.8 Å². The fourth-order valence-electron chi connectivity index (χ4n) is 2.55. The van der Waals surface area contributed by atoms with E-state index >= 15 is 0 Å². The number of nitrogens with one attached hydrogen (secondary N) is 1. The number of pyridine rings is 1. The molecule has 0 atom stereocenters. The Morgan fingerprint density at radius 2 is 1.79 bits per heavy atom. The van der Waals surface area contributed by atoms with Gasteiger partial charge < -0.3 is 11.1 Å². The third-order valence-corrected chi connectivity index (χ3v) is 4.09. The zero-order valence-electron chi connectivity index (χ0n) is 16.0. The van der Waals surface area contributed by atoms with E-state index in [4.69, 9.17) is 11.6 Å². The third-order valence-electron chi connectivity index (χ3n) is 3.87. The summed E-state index contributed by atoms with van der Waals surface area (Å²) < 4.78 is 26.4. The predicted molar refractivity (Wildman–Crippen MR) is 116 cm³/mol. The van der Waals surface area contributed by atoms with Crippen molar-refractivity contribution in [3.05, 3.63) is 107 Å². The van der Waals surface area contributed by atoms with Gasteiger partial charge in [0.2, 0.25) is 0 Å². The molecule has 0 bridgehead atoms. The fourth-order valence-corrected chi connectivity index (χ4v) is 2.66. The Morgan fingerprint density at radius 1 is 1.07 bits per heavy atom. The van der Waals surface area contributed by atoms with E-state index < -0.39 is 11.6 Å². The molecule has 0 radical (unpaired) electrons. The van der Waals surface area contributed by atoms with Crippen LogP contribution in [0, 0.1) is 11.6 Å². The number of rotatable bonds is 6. The van der Waals surface area contributed by atoms with Gasteiger partial charge in [-0.3, -0.25) is 0 Å². The van der Waals surface area contributed by atoms with E-state index in [-0.39, 0.29) is 0 Å². The molecule has 0 aliphatic heterocycles. The van der Waals surface area contributed by atoms with Gasteiger partial charge in [-0.1, -0.05) is 42.5 Å². The summed E-state index contributed by atoms with van der Waals surface area (Å²) in [5, 5.41) is 3.64. The van der Waals surface area contributed by atoms with Crippen LogP contribution in [0.5, 0.6) is 0 Å². The van der Waals surface area contributed by atoms with Gasteiger partial charge in [0.1, 0.15) is 16.8 Å². The van der Waals surface area contributed by atoms with Gasteiger partial charge in [0.05, 0.1) is 0 Å². The van der Waals surface area contributed by atoms with Crippen molar-refractivity contribution >= 4 is 17.7 Å². The summed E-state index contributed by atoms with van der Waals surface area (Å²) in [5.74, 6) is -1.22. The predicted octanol–water partition coefficient (Wildman–Crippen LogP) is 5.57. The summed E-state index contributed by atoms with van der Waals surface area (Å²) in [6.07, 6.45) is 5.02. The molecule has 0 amide bonds. The van der Waals surface area contributed by atoms with Crippen molar-refractivity contribution < 1.29 is 8.78 Å². The maximum atomic E-state index is 13.2. The van der Waals surface area contributed by atoms with Crippen LogP contribution >= 0.6 is 11.6 Å². The Bertz CT molecular complexity index is 965. The summed E-state index contributed by atoms with van der Waals surface area (Å²) in [6, 6.07) is 15.1. The van der Waals surface area contributed by atoms with Crippen LogP contribution in [0.3, 0.4) is 0 Å². The highest BCUT2D eigenvalue weighted by molar-refractivity contribution is 6.29. The standard InChI is InChI=1S/C22H17ClF2N2.CH5N/c1-15(5-6-16-10-20(24)12-21(25)11-16)26-13-17-3-2-4-18(9-17)19-7-8-22(23)27-14-19;1-2/h2-12,14,26H,1,13H2;2H2,1H3/b6-5+;. The molecule has 1 aromatic heterocycles. The van der Waals surface area contributed by atoms with Crippen molar-refractivity contribution in [3.8, 4) is 11.1 Å². The normalized spacial score (nSPS) is 10.4. The van der Waals surface area contributed by atoms with Crippen molar-refractivity contribution in [1.29, 1.82) is 0 Å². The van der Waals surface area contributed by atoms with Crippen LogP contribution in [-0.4, -0.2) is 12.0 Å². The Kier molecular flexibility index (Phi) is 8.52. The molecule has 1 heterocycles. The van der Waals surface area contributed by atoms with Gasteiger partial charge in [0.15, 0.2) is 0 Å². The summed E-state index contributed by atoms with van der Waals surface area (Å²) >= 11 is 5.83. The molecule has 3 aromatic rings. The molecule has 3 N–H and O–H groups in total. The second-order valence-electron chi connectivity index (χ2n) is 5.98. The lowest BCUT2D eigenvalue weighted by atomic mass is 10.0. The van der Waals surface area contributed by atoms with E-state index in [1.165, 1.54) is 19.2 Å². The highest BCUT2D eigenvalue weighted by Crippen LogP contribution is 2.21. The Labute approximate surface area is 174 Å². The van der Waals surface area contributed by atoms with Crippen molar-refractivity contribution in [2.24, 2.45) is 5.73 Å². The molecule has 0 aliphatic rings. The first-order valence-electron chi connectivity index (χ1n) is 8.85. The first-order valence-corrected chi connectivity index (χ1v) is 9.23. The van der Waals surface area contributed by atoms with Crippen molar-refractivity contribution in [2.45, 2.75) is 6.54 Å². The lowest BCUT2D eigenvalue weighted by Gasteiger charge is -2.08. The number of hydrogen-bond acceptors (Lipinski definition) is 3. The summed E-state index contributed by atoms with van der Waals surface area (Å²) in [6.45, 7) is 4.47. The lowest BCUT2D eigenvalue weighted by Crippen LogP contribution is -2.10. The highest BCUT2D eigenvalue weighted by Gasteiger charge is 2.01. The van der Waals surface area contributed by atoms with Crippen LogP contribution in [-0.2, 0) is 6.54 Å². The minimum absolute atomic E-state index is 0.438. The Balaban J connectivity index is 0.00000145. The average molecular weight is 414 g/mol. The second kappa shape index (κ2) is 11.1. The molecule has 0 aliphatic carbocycles. The molecule has 3 nitrogen and oxygen atoms in total. The van der Waals surface area contributed by atoms with Gasteiger partial charge in [-0.05, 0) is 60.1 Å². The SMILES string of the molecule is C=C(/C=C/c1cc(F)cc(F)c1)NCc1cccc(-c2ccc(Cl)nc2)c1.CN. The number of allylic oxidation sites excluding steroid dienone is 1. The highest BCUT2D eigenvalue weighted by atomic mass is 35.5. The zero-order valence-corrected chi connectivity index (χ0v) is 16.8. The Hall–Kier alpha value is -3.02. The monoisotopic (exact) mass is 413 g/mol. The first-order chi connectivity index (χ1) is 14.0. The number of aromatic nitrogens is 1. The lowest BCUT2D eigenvalue weighted by molar-refractivity contribution is 0.583. The number of nitrogens with two attached hydrogens (primary N) is 1. The molecule has 0 fully saturated rings. The summed E-state index contributed by atoms with van der Waals surface area (Å²) in [7, 11) is 1.50. The first kappa shape index (κ1) is 22.3. The molecule has 0 saturated heterocycles. The van der Waals surface area contributed by atoms with E-state index in [2.05, 4.69) is 28.7 Å². The van der Waals surface area contributed by atoms with E-state index in [1.807, 2.05) is 24.3 Å². The number of hydrogen-bond donors (Lipinski definition) is 2. The van der Waals surface area contributed by atoms with Gasteiger partial charge in [-0.2, -0.15) is 0 Å².